The average molecular weight is 614 g/mol. The van der Waals surface area contributed by atoms with E-state index in [2.05, 4.69) is 124 Å². The third kappa shape index (κ3) is 8.92. The van der Waals surface area contributed by atoms with Crippen LogP contribution in [0.2, 0.25) is 0 Å². The Morgan fingerprint density at radius 3 is 2.07 bits per heavy atom. The third-order valence-electron chi connectivity index (χ3n) is 11.6. The number of methoxy groups -OCH3 is 1. The van der Waals surface area contributed by atoms with Crippen molar-refractivity contribution in [1.82, 2.24) is 0 Å². The van der Waals surface area contributed by atoms with Crippen molar-refractivity contribution >= 4 is 0 Å². The van der Waals surface area contributed by atoms with Gasteiger partial charge in [0.05, 0.1) is 6.10 Å². The van der Waals surface area contributed by atoms with Gasteiger partial charge in [-0.05, 0) is 114 Å². The lowest BCUT2D eigenvalue weighted by atomic mass is 9.64. The van der Waals surface area contributed by atoms with E-state index >= 15 is 0 Å². The molecule has 0 amide bonds. The lowest BCUT2D eigenvalue weighted by Gasteiger charge is -2.43. The maximum atomic E-state index is 7.71. The number of ether oxygens (including phenoxy) is 1. The monoisotopic (exact) mass is 614 g/mol. The van der Waals surface area contributed by atoms with E-state index < -0.39 is 0 Å². The van der Waals surface area contributed by atoms with Crippen molar-refractivity contribution in [2.45, 2.75) is 138 Å². The van der Waals surface area contributed by atoms with Crippen molar-refractivity contribution < 1.29 is 4.74 Å². The fourth-order valence-electron chi connectivity index (χ4n) is 8.55. The average Bonchev–Trinajstić information content (AvgIpc) is 3.49. The molecular formula is C43H67NO. The van der Waals surface area contributed by atoms with Crippen LogP contribution in [0, 0.1) is 40.4 Å². The third-order valence-corrected chi connectivity index (χ3v) is 11.6. The zero-order valence-electron chi connectivity index (χ0n) is 30.9. The Kier molecular flexibility index (Phi) is 11.6. The fraction of sp³-hybridized carbons (Fsp3) is 0.674. The van der Waals surface area contributed by atoms with Gasteiger partial charge in [-0.2, -0.15) is 0 Å². The Hall–Kier alpha value is -1.90. The number of benzene rings is 1. The molecule has 0 bridgehead atoms. The van der Waals surface area contributed by atoms with Gasteiger partial charge in [0.1, 0.15) is 0 Å². The first kappa shape index (κ1) is 35.9. The molecule has 2 nitrogen and oxygen atoms in total. The Morgan fingerprint density at radius 1 is 0.867 bits per heavy atom. The molecular weight excluding hydrogens is 546 g/mol. The van der Waals surface area contributed by atoms with E-state index in [0.717, 1.165) is 38.5 Å². The zero-order valence-corrected chi connectivity index (χ0v) is 30.9. The van der Waals surface area contributed by atoms with Gasteiger partial charge in [-0.15, -0.1) is 0 Å². The smallest absolute Gasteiger partial charge is 0.0608 e. The number of hydrogen-bond donors (Lipinski definition) is 1. The van der Waals surface area contributed by atoms with Gasteiger partial charge >= 0.3 is 0 Å². The van der Waals surface area contributed by atoms with E-state index in [9.17, 15) is 0 Å². The van der Waals surface area contributed by atoms with E-state index in [1.807, 2.05) is 7.11 Å². The molecule has 0 saturated carbocycles. The Labute approximate surface area is 278 Å². The minimum atomic E-state index is 0.0723. The minimum absolute atomic E-state index is 0.0723. The van der Waals surface area contributed by atoms with Crippen LogP contribution in [0.4, 0.5) is 0 Å². The molecule has 0 saturated heterocycles. The molecule has 2 N–H and O–H groups in total. The van der Waals surface area contributed by atoms with Crippen molar-refractivity contribution in [2.24, 2.45) is 46.2 Å². The summed E-state index contributed by atoms with van der Waals surface area (Å²) >= 11 is 0. The Morgan fingerprint density at radius 2 is 1.56 bits per heavy atom. The molecule has 3 aliphatic rings. The van der Waals surface area contributed by atoms with Crippen LogP contribution in [0.1, 0.15) is 125 Å². The van der Waals surface area contributed by atoms with Gasteiger partial charge in [-0.3, -0.25) is 0 Å². The van der Waals surface area contributed by atoms with Gasteiger partial charge in [-0.1, -0.05) is 135 Å². The minimum Gasteiger partial charge on any atom is -0.381 e. The van der Waals surface area contributed by atoms with E-state index in [1.54, 1.807) is 11.1 Å². The Bertz CT molecular complexity index is 1240. The fourth-order valence-corrected chi connectivity index (χ4v) is 8.55. The number of aryl methyl sites for hydroxylation is 1. The molecule has 4 rings (SSSR count). The molecule has 1 aromatic rings. The van der Waals surface area contributed by atoms with Crippen LogP contribution < -0.4 is 5.73 Å². The van der Waals surface area contributed by atoms with Crippen LogP contribution >= 0.6 is 0 Å². The van der Waals surface area contributed by atoms with Gasteiger partial charge in [0, 0.05) is 13.2 Å². The molecule has 0 heterocycles. The van der Waals surface area contributed by atoms with Gasteiger partial charge in [0.25, 0.3) is 0 Å². The van der Waals surface area contributed by atoms with Crippen molar-refractivity contribution in [3.8, 4) is 0 Å². The molecule has 0 radical (unpaired) electrons. The highest BCUT2D eigenvalue weighted by Crippen LogP contribution is 2.49. The zero-order chi connectivity index (χ0) is 33.2. The summed E-state index contributed by atoms with van der Waals surface area (Å²) in [5.74, 6) is 2.35. The molecule has 2 heteroatoms. The summed E-state index contributed by atoms with van der Waals surface area (Å²) in [4.78, 5) is 0. The van der Waals surface area contributed by atoms with Crippen LogP contribution in [0.15, 0.2) is 71.4 Å². The van der Waals surface area contributed by atoms with Crippen molar-refractivity contribution in [1.29, 1.82) is 0 Å². The van der Waals surface area contributed by atoms with Crippen LogP contribution in [-0.2, 0) is 16.6 Å². The summed E-state index contributed by atoms with van der Waals surface area (Å²) in [6.07, 6.45) is 21.8. The quantitative estimate of drug-likeness (QED) is 0.266. The van der Waals surface area contributed by atoms with Gasteiger partial charge < -0.3 is 10.5 Å². The molecule has 0 aromatic heterocycles. The summed E-state index contributed by atoms with van der Waals surface area (Å²) in [6.45, 7) is 23.7. The van der Waals surface area contributed by atoms with Crippen LogP contribution in [0.5, 0.6) is 0 Å². The van der Waals surface area contributed by atoms with Gasteiger partial charge in [-0.25, -0.2) is 0 Å². The van der Waals surface area contributed by atoms with E-state index in [1.165, 1.54) is 29.5 Å². The highest BCUT2D eigenvalue weighted by atomic mass is 16.5. The Balaban J connectivity index is 1.69. The van der Waals surface area contributed by atoms with Gasteiger partial charge in [0.15, 0.2) is 0 Å². The summed E-state index contributed by atoms with van der Waals surface area (Å²) in [5, 5.41) is 0. The first-order chi connectivity index (χ1) is 21.0. The number of allylic oxidation sites excluding steroid dienone is 5. The van der Waals surface area contributed by atoms with Crippen LogP contribution in [0.3, 0.4) is 0 Å². The molecule has 0 aliphatic heterocycles. The lowest BCUT2D eigenvalue weighted by molar-refractivity contribution is 0.0902. The molecule has 250 valence electrons. The van der Waals surface area contributed by atoms with E-state index in [4.69, 9.17) is 10.5 Å². The van der Waals surface area contributed by atoms with Crippen LogP contribution in [-0.4, -0.2) is 19.3 Å². The van der Waals surface area contributed by atoms with Crippen molar-refractivity contribution in [3.05, 3.63) is 82.5 Å². The van der Waals surface area contributed by atoms with Crippen molar-refractivity contribution in [3.63, 3.8) is 0 Å². The molecule has 7 atom stereocenters. The first-order valence-corrected chi connectivity index (χ1v) is 18.2. The SMILES string of the molecule is COC1CC=C([C@H](C(C)C2CCC=C2C(C)(C)C)C(N)C(CCc2ccc(C(C)(C)C)cc2)C2=CC[C@H](C(C)(C)C)C=C2)CC1. The number of nitrogens with two attached hydrogens (primary N) is 1. The second-order valence-corrected chi connectivity index (χ2v) is 17.8. The summed E-state index contributed by atoms with van der Waals surface area (Å²) in [6, 6.07) is 9.46. The molecule has 0 spiro atoms. The van der Waals surface area contributed by atoms with Gasteiger partial charge in [0.2, 0.25) is 0 Å². The predicted molar refractivity (Wildman–Crippen MR) is 195 cm³/mol. The molecule has 3 aliphatic carbocycles. The van der Waals surface area contributed by atoms with Crippen LogP contribution in [0.25, 0.3) is 0 Å². The second kappa shape index (κ2) is 14.5. The molecule has 45 heavy (non-hydrogen) atoms. The summed E-state index contributed by atoms with van der Waals surface area (Å²) in [7, 11) is 1.87. The number of hydrogen-bond acceptors (Lipinski definition) is 2. The molecule has 0 fully saturated rings. The highest BCUT2D eigenvalue weighted by Gasteiger charge is 2.41. The molecule has 5 unspecified atom stereocenters. The molecule has 1 aromatic carbocycles. The lowest BCUT2D eigenvalue weighted by Crippen LogP contribution is -2.45. The first-order valence-electron chi connectivity index (χ1n) is 18.2. The maximum Gasteiger partial charge on any atom is 0.0608 e. The number of rotatable bonds is 10. The standard InChI is InChI=1S/C43H67NO/c1-29(36-13-12-14-38(36)43(8,9)10)39(32-20-26-35(45-11)27-21-32)40(44)37(31-18-24-34(25-19-31)42(5,6)7)28-17-30-15-22-33(23-16-30)41(2,3)4/h14-16,18-20,22-24,29,34-37,39-40H,12-13,17,21,25-28,44H2,1-11H3/t29?,34-,35?,36?,37?,39+,40?/m1/s1. The second-order valence-electron chi connectivity index (χ2n) is 17.8. The largest absolute Gasteiger partial charge is 0.381 e. The van der Waals surface area contributed by atoms with E-state index in [0.29, 0.717) is 35.7 Å². The summed E-state index contributed by atoms with van der Waals surface area (Å²) < 4.78 is 5.80. The summed E-state index contributed by atoms with van der Waals surface area (Å²) in [5.41, 5.74) is 15.9. The van der Waals surface area contributed by atoms with E-state index in [-0.39, 0.29) is 22.3 Å². The topological polar surface area (TPSA) is 35.2 Å². The normalized spacial score (nSPS) is 25.7. The predicted octanol–water partition coefficient (Wildman–Crippen LogP) is 11.2. The van der Waals surface area contributed by atoms with Crippen molar-refractivity contribution in [2.75, 3.05) is 7.11 Å². The highest BCUT2D eigenvalue weighted by molar-refractivity contribution is 5.32. The maximum absolute atomic E-state index is 7.71.